The van der Waals surface area contributed by atoms with Crippen LogP contribution >= 0.6 is 0 Å². The lowest BCUT2D eigenvalue weighted by atomic mass is 9.50. The van der Waals surface area contributed by atoms with E-state index in [9.17, 15) is 5.11 Å². The summed E-state index contributed by atoms with van der Waals surface area (Å²) in [4.78, 5) is 2.00. The van der Waals surface area contributed by atoms with Crippen molar-refractivity contribution in [3.63, 3.8) is 0 Å². The molecule has 0 heterocycles. The van der Waals surface area contributed by atoms with Crippen molar-refractivity contribution in [1.82, 2.24) is 4.90 Å². The standard InChI is InChI=1S/C25H41NO2/c1-17(2)23-19-9-12-22-24(3,4)13-8-14-25(22,5)20(19)10-11-21(23)28-16-18(27)15-26(6)7/h10-11,17-18,22,27H,8-9,12-16H2,1-7H3/t18?,22?,25-/m1/s1. The van der Waals surface area contributed by atoms with Gasteiger partial charge in [-0.25, -0.2) is 0 Å². The van der Waals surface area contributed by atoms with Crippen molar-refractivity contribution in [3.8, 4) is 5.75 Å². The normalized spacial score (nSPS) is 27.4. The molecule has 0 aliphatic heterocycles. The minimum absolute atomic E-state index is 0.280. The maximum Gasteiger partial charge on any atom is 0.123 e. The van der Waals surface area contributed by atoms with Crippen molar-refractivity contribution in [1.29, 1.82) is 0 Å². The van der Waals surface area contributed by atoms with Gasteiger partial charge in [-0.3, -0.25) is 0 Å². The van der Waals surface area contributed by atoms with Gasteiger partial charge in [0, 0.05) is 12.1 Å². The summed E-state index contributed by atoms with van der Waals surface area (Å²) in [6.07, 6.45) is 5.95. The average molecular weight is 388 g/mol. The van der Waals surface area contributed by atoms with E-state index in [1.54, 1.807) is 5.56 Å². The molecule has 0 saturated heterocycles. The number of benzene rings is 1. The lowest BCUT2D eigenvalue weighted by molar-refractivity contribution is 0.0402. The second kappa shape index (κ2) is 7.99. The molecule has 2 aliphatic carbocycles. The van der Waals surface area contributed by atoms with Crippen LogP contribution in [0, 0.1) is 11.3 Å². The molecule has 28 heavy (non-hydrogen) atoms. The Morgan fingerprint density at radius 1 is 1.18 bits per heavy atom. The molecule has 0 aromatic heterocycles. The van der Waals surface area contributed by atoms with Crippen molar-refractivity contribution in [3.05, 3.63) is 28.8 Å². The Hall–Kier alpha value is -1.06. The van der Waals surface area contributed by atoms with Gasteiger partial charge < -0.3 is 14.7 Å². The largest absolute Gasteiger partial charge is 0.491 e. The smallest absolute Gasteiger partial charge is 0.123 e. The Kier molecular flexibility index (Phi) is 6.18. The van der Waals surface area contributed by atoms with Crippen molar-refractivity contribution in [2.75, 3.05) is 27.2 Å². The molecule has 158 valence electrons. The second-order valence-corrected chi connectivity index (χ2v) is 10.7. The van der Waals surface area contributed by atoms with Crippen LogP contribution in [-0.2, 0) is 11.8 Å². The number of fused-ring (bicyclic) bond motifs is 3. The van der Waals surface area contributed by atoms with Gasteiger partial charge in [-0.2, -0.15) is 0 Å². The highest BCUT2D eigenvalue weighted by atomic mass is 16.5. The van der Waals surface area contributed by atoms with Gasteiger partial charge in [-0.15, -0.1) is 0 Å². The van der Waals surface area contributed by atoms with Crippen molar-refractivity contribution in [2.45, 2.75) is 84.2 Å². The average Bonchev–Trinajstić information content (AvgIpc) is 2.57. The van der Waals surface area contributed by atoms with Crippen LogP contribution in [0.3, 0.4) is 0 Å². The molecular weight excluding hydrogens is 346 g/mol. The highest BCUT2D eigenvalue weighted by Gasteiger charge is 2.50. The van der Waals surface area contributed by atoms with Crippen molar-refractivity contribution < 1.29 is 9.84 Å². The molecule has 1 aromatic rings. The number of nitrogens with zero attached hydrogens (tertiary/aromatic N) is 1. The van der Waals surface area contributed by atoms with E-state index in [0.29, 0.717) is 24.5 Å². The van der Waals surface area contributed by atoms with E-state index in [1.165, 1.54) is 36.8 Å². The second-order valence-electron chi connectivity index (χ2n) is 10.7. The maximum atomic E-state index is 10.2. The fraction of sp³-hybridized carbons (Fsp3) is 0.760. The predicted octanol–water partition coefficient (Wildman–Crippen LogP) is 5.14. The molecule has 0 bridgehead atoms. The molecule has 1 fully saturated rings. The van der Waals surface area contributed by atoms with E-state index in [-0.39, 0.29) is 5.41 Å². The molecule has 3 atom stereocenters. The minimum Gasteiger partial charge on any atom is -0.491 e. The molecule has 1 saturated carbocycles. The highest BCUT2D eigenvalue weighted by Crippen LogP contribution is 2.58. The van der Waals surface area contributed by atoms with Crippen LogP contribution in [-0.4, -0.2) is 43.4 Å². The summed E-state index contributed by atoms with van der Waals surface area (Å²) >= 11 is 0. The third-order valence-electron chi connectivity index (χ3n) is 7.43. The summed E-state index contributed by atoms with van der Waals surface area (Å²) in [7, 11) is 3.95. The lowest BCUT2D eigenvalue weighted by Crippen LogP contribution is -2.48. The molecule has 0 spiro atoms. The number of likely N-dealkylation sites (N-methyl/N-ethyl adjacent to an activating group) is 1. The van der Waals surface area contributed by atoms with Gasteiger partial charge in [0.05, 0.1) is 0 Å². The molecule has 1 aromatic carbocycles. The van der Waals surface area contributed by atoms with Gasteiger partial charge in [-0.1, -0.05) is 47.1 Å². The van der Waals surface area contributed by atoms with Crippen LogP contribution in [0.15, 0.2) is 12.1 Å². The molecule has 2 aliphatic rings. The summed E-state index contributed by atoms with van der Waals surface area (Å²) in [6, 6.07) is 4.54. The van der Waals surface area contributed by atoms with Crippen LogP contribution in [0.2, 0.25) is 0 Å². The number of aliphatic hydroxyl groups excluding tert-OH is 1. The number of hydrogen-bond acceptors (Lipinski definition) is 3. The van der Waals surface area contributed by atoms with Gasteiger partial charge in [0.1, 0.15) is 18.5 Å². The Morgan fingerprint density at radius 2 is 1.89 bits per heavy atom. The summed E-state index contributed by atoms with van der Waals surface area (Å²) in [5.41, 5.74) is 5.18. The van der Waals surface area contributed by atoms with Crippen LogP contribution in [0.1, 0.15) is 82.9 Å². The molecule has 1 N–H and O–H groups in total. The third-order valence-corrected chi connectivity index (χ3v) is 7.43. The van der Waals surface area contributed by atoms with Gasteiger partial charge in [-0.05, 0) is 79.6 Å². The zero-order valence-electron chi connectivity index (χ0n) is 19.1. The molecule has 0 amide bonds. The van der Waals surface area contributed by atoms with Crippen LogP contribution < -0.4 is 4.74 Å². The first kappa shape index (κ1) is 21.6. The van der Waals surface area contributed by atoms with Gasteiger partial charge in [0.25, 0.3) is 0 Å². The van der Waals surface area contributed by atoms with E-state index in [2.05, 4.69) is 46.8 Å². The van der Waals surface area contributed by atoms with E-state index in [4.69, 9.17) is 4.74 Å². The maximum absolute atomic E-state index is 10.2. The number of aliphatic hydroxyl groups is 1. The minimum atomic E-state index is -0.466. The van der Waals surface area contributed by atoms with E-state index in [1.807, 2.05) is 19.0 Å². The van der Waals surface area contributed by atoms with Crippen molar-refractivity contribution in [2.24, 2.45) is 11.3 Å². The zero-order chi connectivity index (χ0) is 20.7. The van der Waals surface area contributed by atoms with Crippen LogP contribution in [0.4, 0.5) is 0 Å². The summed E-state index contributed by atoms with van der Waals surface area (Å²) in [5.74, 6) is 2.16. The fourth-order valence-electron chi connectivity index (χ4n) is 6.31. The first-order chi connectivity index (χ1) is 13.1. The van der Waals surface area contributed by atoms with Crippen LogP contribution in [0.5, 0.6) is 5.75 Å². The quantitative estimate of drug-likeness (QED) is 0.733. The number of ether oxygens (including phenoxy) is 1. The molecule has 3 nitrogen and oxygen atoms in total. The molecule has 3 heteroatoms. The predicted molar refractivity (Wildman–Crippen MR) is 117 cm³/mol. The Labute approximate surface area is 172 Å². The zero-order valence-corrected chi connectivity index (χ0v) is 19.1. The van der Waals surface area contributed by atoms with Gasteiger partial charge in [0.15, 0.2) is 0 Å². The van der Waals surface area contributed by atoms with Crippen molar-refractivity contribution >= 4 is 0 Å². The Balaban J connectivity index is 1.94. The molecule has 0 radical (unpaired) electrons. The van der Waals surface area contributed by atoms with Gasteiger partial charge >= 0.3 is 0 Å². The highest BCUT2D eigenvalue weighted by molar-refractivity contribution is 5.51. The summed E-state index contributed by atoms with van der Waals surface area (Å²) in [5, 5.41) is 10.2. The Bertz CT molecular complexity index is 694. The third kappa shape index (κ3) is 3.98. The SMILES string of the molecule is CC(C)c1c(OCC(O)CN(C)C)ccc2c1CCC1C(C)(C)CCC[C@]21C. The fourth-order valence-corrected chi connectivity index (χ4v) is 6.31. The molecular formula is C25H41NO2. The topological polar surface area (TPSA) is 32.7 Å². The van der Waals surface area contributed by atoms with Gasteiger partial charge in [0.2, 0.25) is 0 Å². The summed E-state index contributed by atoms with van der Waals surface area (Å²) < 4.78 is 6.16. The van der Waals surface area contributed by atoms with E-state index < -0.39 is 6.10 Å². The lowest BCUT2D eigenvalue weighted by Gasteiger charge is -2.54. The van der Waals surface area contributed by atoms with E-state index >= 15 is 0 Å². The van der Waals surface area contributed by atoms with E-state index in [0.717, 1.165) is 18.1 Å². The molecule has 2 unspecified atom stereocenters. The molecule has 3 rings (SSSR count). The number of rotatable bonds is 6. The van der Waals surface area contributed by atoms with Crippen LogP contribution in [0.25, 0.3) is 0 Å². The first-order valence-corrected chi connectivity index (χ1v) is 11.2. The Morgan fingerprint density at radius 3 is 2.54 bits per heavy atom. The number of hydrogen-bond donors (Lipinski definition) is 1. The monoisotopic (exact) mass is 387 g/mol. The summed E-state index contributed by atoms with van der Waals surface area (Å²) in [6.45, 7) is 13.0. The first-order valence-electron chi connectivity index (χ1n) is 11.2.